The van der Waals surface area contributed by atoms with Crippen molar-refractivity contribution in [1.29, 1.82) is 0 Å². The average Bonchev–Trinajstić information content (AvgIpc) is 2.79. The molecule has 0 bridgehead atoms. The fraction of sp³-hybridized carbons (Fsp3) is 0.417. The van der Waals surface area contributed by atoms with Gasteiger partial charge >= 0.3 is 0 Å². The summed E-state index contributed by atoms with van der Waals surface area (Å²) in [7, 11) is 1.68. The molecule has 18 heavy (non-hydrogen) atoms. The molecule has 0 aromatic heterocycles. The molecule has 0 spiro atoms. The highest BCUT2D eigenvalue weighted by atomic mass is 79.9. The number of thioether (sulfide) groups is 1. The van der Waals surface area contributed by atoms with Crippen molar-refractivity contribution in [2.45, 2.75) is 12.5 Å². The predicted molar refractivity (Wildman–Crippen MR) is 77.9 cm³/mol. The molecule has 0 saturated carbocycles. The number of ether oxygens (including phenoxy) is 1. The van der Waals surface area contributed by atoms with Crippen LogP contribution in [0.2, 0.25) is 0 Å². The molecular formula is C12H14BrFN2OS. The summed E-state index contributed by atoms with van der Waals surface area (Å²) in [6, 6.07) is 5.06. The molecule has 1 atom stereocenters. The van der Waals surface area contributed by atoms with Gasteiger partial charge < -0.3 is 10.1 Å². The quantitative estimate of drug-likeness (QED) is 0.916. The van der Waals surface area contributed by atoms with Gasteiger partial charge in [-0.25, -0.2) is 4.39 Å². The Bertz CT molecular complexity index is 456. The standard InChI is InChI=1S/C12H14BrFN2OS/c1-17-5-4-9-7-18-12(15-9)16-11-6-8(13)2-3-10(11)14/h2-3,6,9H,4-5,7H2,1H3,(H,15,16). The maximum absolute atomic E-state index is 13.6. The number of hydrogen-bond acceptors (Lipinski definition) is 4. The molecular weight excluding hydrogens is 319 g/mol. The highest BCUT2D eigenvalue weighted by Crippen LogP contribution is 2.25. The number of hydrogen-bond donors (Lipinski definition) is 1. The number of methoxy groups -OCH3 is 1. The second kappa shape index (κ2) is 6.54. The van der Waals surface area contributed by atoms with Crippen LogP contribution in [0, 0.1) is 5.82 Å². The third-order valence-electron chi connectivity index (χ3n) is 2.54. The van der Waals surface area contributed by atoms with E-state index in [2.05, 4.69) is 26.2 Å². The van der Waals surface area contributed by atoms with Gasteiger partial charge in [-0.2, -0.15) is 0 Å². The molecule has 1 aromatic carbocycles. The van der Waals surface area contributed by atoms with Crippen LogP contribution in [0.15, 0.2) is 27.7 Å². The van der Waals surface area contributed by atoms with Gasteiger partial charge in [-0.1, -0.05) is 27.7 Å². The van der Waals surface area contributed by atoms with E-state index in [1.165, 1.54) is 6.07 Å². The number of halogens is 2. The number of rotatable bonds is 4. The van der Waals surface area contributed by atoms with E-state index in [0.29, 0.717) is 12.3 Å². The topological polar surface area (TPSA) is 33.6 Å². The fourth-order valence-electron chi connectivity index (χ4n) is 1.59. The number of amidine groups is 1. The van der Waals surface area contributed by atoms with E-state index in [-0.39, 0.29) is 11.9 Å². The Morgan fingerprint density at radius 2 is 2.44 bits per heavy atom. The van der Waals surface area contributed by atoms with Crippen molar-refractivity contribution in [3.8, 4) is 0 Å². The second-order valence-corrected chi connectivity index (χ2v) is 5.85. The summed E-state index contributed by atoms with van der Waals surface area (Å²) in [4.78, 5) is 4.50. The Morgan fingerprint density at radius 1 is 1.61 bits per heavy atom. The lowest BCUT2D eigenvalue weighted by atomic mass is 10.2. The number of nitrogens with one attached hydrogen (secondary N) is 1. The molecule has 0 radical (unpaired) electrons. The van der Waals surface area contributed by atoms with Gasteiger partial charge in [0.2, 0.25) is 0 Å². The lowest BCUT2D eigenvalue weighted by molar-refractivity contribution is 0.190. The fourth-order valence-corrected chi connectivity index (χ4v) is 2.95. The monoisotopic (exact) mass is 332 g/mol. The van der Waals surface area contributed by atoms with Gasteiger partial charge in [0.1, 0.15) is 5.82 Å². The molecule has 6 heteroatoms. The van der Waals surface area contributed by atoms with Crippen LogP contribution in [0.25, 0.3) is 0 Å². The van der Waals surface area contributed by atoms with Crippen LogP contribution in [0.4, 0.5) is 10.1 Å². The molecule has 1 heterocycles. The molecule has 0 amide bonds. The van der Waals surface area contributed by atoms with Crippen molar-refractivity contribution < 1.29 is 9.13 Å². The summed E-state index contributed by atoms with van der Waals surface area (Å²) in [6.45, 7) is 0.702. The SMILES string of the molecule is COCCC1CSC(Nc2cc(Br)ccc2F)=N1. The van der Waals surface area contributed by atoms with Crippen molar-refractivity contribution in [2.75, 3.05) is 24.8 Å². The Labute approximate surface area is 118 Å². The van der Waals surface area contributed by atoms with E-state index in [0.717, 1.165) is 21.8 Å². The Hall–Kier alpha value is -0.590. The summed E-state index contributed by atoms with van der Waals surface area (Å²) in [5.74, 6) is 0.642. The van der Waals surface area contributed by atoms with Crippen molar-refractivity contribution in [3.05, 3.63) is 28.5 Å². The smallest absolute Gasteiger partial charge is 0.161 e. The molecule has 3 nitrogen and oxygen atoms in total. The zero-order valence-electron chi connectivity index (χ0n) is 9.95. The zero-order chi connectivity index (χ0) is 13.0. The third-order valence-corrected chi connectivity index (χ3v) is 4.06. The Morgan fingerprint density at radius 3 is 3.22 bits per heavy atom. The summed E-state index contributed by atoms with van der Waals surface area (Å²) in [5, 5.41) is 3.79. The van der Waals surface area contributed by atoms with Gasteiger partial charge in [-0.3, -0.25) is 4.99 Å². The molecule has 0 fully saturated rings. The predicted octanol–water partition coefficient (Wildman–Crippen LogP) is 3.51. The van der Waals surface area contributed by atoms with Crippen LogP contribution < -0.4 is 5.32 Å². The van der Waals surface area contributed by atoms with E-state index in [4.69, 9.17) is 4.74 Å². The van der Waals surface area contributed by atoms with Crippen LogP contribution in [-0.4, -0.2) is 30.7 Å². The van der Waals surface area contributed by atoms with Crippen LogP contribution >= 0.6 is 27.7 Å². The summed E-state index contributed by atoms with van der Waals surface area (Å²) < 4.78 is 19.4. The highest BCUT2D eigenvalue weighted by molar-refractivity contribution is 9.10. The Kier molecular flexibility index (Phi) is 5.03. The first kappa shape index (κ1) is 13.8. The van der Waals surface area contributed by atoms with Gasteiger partial charge in [0.15, 0.2) is 5.17 Å². The van der Waals surface area contributed by atoms with E-state index in [1.54, 1.807) is 31.0 Å². The molecule has 0 saturated heterocycles. The van der Waals surface area contributed by atoms with Gasteiger partial charge in [-0.15, -0.1) is 0 Å². The van der Waals surface area contributed by atoms with Crippen molar-refractivity contribution in [2.24, 2.45) is 4.99 Å². The zero-order valence-corrected chi connectivity index (χ0v) is 12.4. The summed E-state index contributed by atoms with van der Waals surface area (Å²) in [5.41, 5.74) is 0.447. The molecule has 1 N–H and O–H groups in total. The minimum Gasteiger partial charge on any atom is -0.385 e. The van der Waals surface area contributed by atoms with Crippen LogP contribution in [0.3, 0.4) is 0 Å². The first-order chi connectivity index (χ1) is 8.69. The van der Waals surface area contributed by atoms with E-state index in [1.807, 2.05) is 0 Å². The molecule has 1 unspecified atom stereocenters. The normalized spacial score (nSPS) is 18.8. The first-order valence-electron chi connectivity index (χ1n) is 5.60. The summed E-state index contributed by atoms with van der Waals surface area (Å²) in [6.07, 6.45) is 0.898. The number of benzene rings is 1. The lowest BCUT2D eigenvalue weighted by Gasteiger charge is -2.06. The van der Waals surface area contributed by atoms with Crippen molar-refractivity contribution >= 4 is 38.5 Å². The van der Waals surface area contributed by atoms with E-state index < -0.39 is 0 Å². The van der Waals surface area contributed by atoms with Crippen LogP contribution in [0.5, 0.6) is 0 Å². The minimum atomic E-state index is -0.276. The number of nitrogens with zero attached hydrogens (tertiary/aromatic N) is 1. The summed E-state index contributed by atoms with van der Waals surface area (Å²) >= 11 is 4.93. The van der Waals surface area contributed by atoms with Crippen molar-refractivity contribution in [1.82, 2.24) is 0 Å². The Balaban J connectivity index is 1.99. The average molecular weight is 333 g/mol. The molecule has 1 aliphatic rings. The van der Waals surface area contributed by atoms with E-state index >= 15 is 0 Å². The largest absolute Gasteiger partial charge is 0.385 e. The van der Waals surface area contributed by atoms with Gasteiger partial charge in [0.25, 0.3) is 0 Å². The van der Waals surface area contributed by atoms with Gasteiger partial charge in [0, 0.05) is 23.9 Å². The third kappa shape index (κ3) is 3.70. The van der Waals surface area contributed by atoms with Crippen LogP contribution in [0.1, 0.15) is 6.42 Å². The highest BCUT2D eigenvalue weighted by Gasteiger charge is 2.18. The lowest BCUT2D eigenvalue weighted by Crippen LogP contribution is -2.08. The van der Waals surface area contributed by atoms with Gasteiger partial charge in [0.05, 0.1) is 11.7 Å². The maximum atomic E-state index is 13.6. The van der Waals surface area contributed by atoms with Crippen molar-refractivity contribution in [3.63, 3.8) is 0 Å². The molecule has 0 aliphatic carbocycles. The minimum absolute atomic E-state index is 0.257. The van der Waals surface area contributed by atoms with E-state index in [9.17, 15) is 4.39 Å². The second-order valence-electron chi connectivity index (χ2n) is 3.93. The number of anilines is 1. The van der Waals surface area contributed by atoms with Gasteiger partial charge in [-0.05, 0) is 24.6 Å². The maximum Gasteiger partial charge on any atom is 0.161 e. The molecule has 98 valence electrons. The molecule has 1 aromatic rings. The number of aliphatic imine (C=N–C) groups is 1. The molecule has 1 aliphatic heterocycles. The molecule has 2 rings (SSSR count). The van der Waals surface area contributed by atoms with Crippen LogP contribution in [-0.2, 0) is 4.74 Å². The first-order valence-corrected chi connectivity index (χ1v) is 7.38.